The summed E-state index contributed by atoms with van der Waals surface area (Å²) >= 11 is 5.25. The standard InChI is InChI=1S/C19H26O8S/c1-20-10-24-14-7-8-19(12-5-6-13(22-3)15(9-12)23-4)17(26-18(28)27-19)16(14)25-11-21-2/h5-6,9,14,16-17H,7-8,10-11H2,1-4H3/t14-,16+,17+,19+/m1/s1. The first-order chi connectivity index (χ1) is 13.6. The molecule has 3 rings (SSSR count). The largest absolute Gasteiger partial charge is 0.493 e. The lowest BCUT2D eigenvalue weighted by atomic mass is 9.74. The predicted octanol–water partition coefficient (Wildman–Crippen LogP) is 2.37. The summed E-state index contributed by atoms with van der Waals surface area (Å²) in [4.78, 5) is 0. The molecule has 0 unspecified atom stereocenters. The van der Waals surface area contributed by atoms with Crippen molar-refractivity contribution in [1.29, 1.82) is 0 Å². The number of thiocarbonyl (C=S) groups is 1. The minimum atomic E-state index is -0.817. The van der Waals surface area contributed by atoms with E-state index in [0.29, 0.717) is 24.3 Å². The fourth-order valence-corrected chi connectivity index (χ4v) is 4.07. The Balaban J connectivity index is 1.97. The molecule has 2 fully saturated rings. The van der Waals surface area contributed by atoms with Crippen LogP contribution in [0.5, 0.6) is 11.5 Å². The van der Waals surface area contributed by atoms with Crippen LogP contribution in [-0.4, -0.2) is 65.6 Å². The minimum Gasteiger partial charge on any atom is -0.493 e. The maximum absolute atomic E-state index is 6.08. The molecular weight excluding hydrogens is 388 g/mol. The van der Waals surface area contributed by atoms with Gasteiger partial charge in [-0.3, -0.25) is 0 Å². The Hall–Kier alpha value is -1.65. The van der Waals surface area contributed by atoms with E-state index >= 15 is 0 Å². The van der Waals surface area contributed by atoms with Crippen molar-refractivity contribution in [2.45, 2.75) is 36.8 Å². The first-order valence-electron chi connectivity index (χ1n) is 8.92. The molecule has 28 heavy (non-hydrogen) atoms. The Labute approximate surface area is 169 Å². The van der Waals surface area contributed by atoms with Crippen molar-refractivity contribution in [1.82, 2.24) is 0 Å². The zero-order valence-electron chi connectivity index (χ0n) is 16.5. The highest BCUT2D eigenvalue weighted by atomic mass is 32.1. The quantitative estimate of drug-likeness (QED) is 0.447. The van der Waals surface area contributed by atoms with Crippen molar-refractivity contribution in [2.75, 3.05) is 42.0 Å². The van der Waals surface area contributed by atoms with Gasteiger partial charge < -0.3 is 37.9 Å². The van der Waals surface area contributed by atoms with Crippen molar-refractivity contribution in [3.63, 3.8) is 0 Å². The molecule has 0 N–H and O–H groups in total. The number of methoxy groups -OCH3 is 4. The normalized spacial score (nSPS) is 29.0. The average Bonchev–Trinajstić information content (AvgIpc) is 3.07. The van der Waals surface area contributed by atoms with Crippen LogP contribution in [0.15, 0.2) is 18.2 Å². The molecule has 156 valence electrons. The number of hydrogen-bond acceptors (Lipinski definition) is 9. The van der Waals surface area contributed by atoms with E-state index in [4.69, 9.17) is 50.1 Å². The number of ether oxygens (including phenoxy) is 8. The van der Waals surface area contributed by atoms with Crippen LogP contribution in [-0.2, 0) is 34.0 Å². The third kappa shape index (κ3) is 3.90. The maximum Gasteiger partial charge on any atom is 0.353 e. The van der Waals surface area contributed by atoms with E-state index < -0.39 is 17.8 Å². The van der Waals surface area contributed by atoms with Gasteiger partial charge in [0.15, 0.2) is 23.2 Å². The fraction of sp³-hybridized carbons (Fsp3) is 0.632. The molecular formula is C19H26O8S. The fourth-order valence-electron chi connectivity index (χ4n) is 3.81. The average molecular weight is 414 g/mol. The summed E-state index contributed by atoms with van der Waals surface area (Å²) in [6, 6.07) is 5.64. The third-order valence-electron chi connectivity index (χ3n) is 5.06. The van der Waals surface area contributed by atoms with Gasteiger partial charge in [-0.05, 0) is 25.0 Å². The van der Waals surface area contributed by atoms with Crippen molar-refractivity contribution in [2.24, 2.45) is 0 Å². The second kappa shape index (κ2) is 9.23. The van der Waals surface area contributed by atoms with E-state index in [-0.39, 0.29) is 24.9 Å². The van der Waals surface area contributed by atoms with Gasteiger partial charge in [0.1, 0.15) is 19.7 Å². The van der Waals surface area contributed by atoms with Crippen LogP contribution in [0.25, 0.3) is 0 Å². The summed E-state index contributed by atoms with van der Waals surface area (Å²) in [7, 11) is 6.32. The predicted molar refractivity (Wildman–Crippen MR) is 103 cm³/mol. The number of rotatable bonds is 9. The van der Waals surface area contributed by atoms with Gasteiger partial charge in [0, 0.05) is 32.0 Å². The number of hydrogen-bond donors (Lipinski definition) is 0. The van der Waals surface area contributed by atoms with Gasteiger partial charge in [0.25, 0.3) is 0 Å². The molecule has 0 spiro atoms. The third-order valence-corrected chi connectivity index (χ3v) is 5.24. The summed E-state index contributed by atoms with van der Waals surface area (Å²) in [6.45, 7) is 0.241. The second-order valence-corrected chi connectivity index (χ2v) is 6.87. The van der Waals surface area contributed by atoms with Crippen LogP contribution < -0.4 is 9.47 Å². The van der Waals surface area contributed by atoms with Crippen LogP contribution >= 0.6 is 12.2 Å². The topological polar surface area (TPSA) is 73.8 Å². The van der Waals surface area contributed by atoms with Crippen LogP contribution in [0.1, 0.15) is 18.4 Å². The lowest BCUT2D eigenvalue weighted by Crippen LogP contribution is -2.56. The van der Waals surface area contributed by atoms with E-state index in [9.17, 15) is 0 Å². The van der Waals surface area contributed by atoms with Crippen molar-refractivity contribution >= 4 is 17.5 Å². The SMILES string of the molecule is COCO[C@H]1[C@H](OCOC)CC[C@@]2(c3ccc(OC)c(OC)c3)OC(=S)O[C@@H]12. The molecule has 0 amide bonds. The summed E-state index contributed by atoms with van der Waals surface area (Å²) in [6.07, 6.45) is 0.0578. The molecule has 9 heteroatoms. The molecule has 2 aliphatic rings. The van der Waals surface area contributed by atoms with Gasteiger partial charge in [-0.2, -0.15) is 0 Å². The smallest absolute Gasteiger partial charge is 0.353 e. The van der Waals surface area contributed by atoms with Crippen molar-refractivity contribution in [3.05, 3.63) is 23.8 Å². The van der Waals surface area contributed by atoms with E-state index in [0.717, 1.165) is 5.56 Å². The Bertz CT molecular complexity index is 684. The summed E-state index contributed by atoms with van der Waals surface area (Å²) in [5, 5.41) is 0.0817. The van der Waals surface area contributed by atoms with Crippen molar-refractivity contribution in [3.8, 4) is 11.5 Å². The summed E-state index contributed by atoms with van der Waals surface area (Å²) in [5.74, 6) is 1.23. The summed E-state index contributed by atoms with van der Waals surface area (Å²) < 4.78 is 44.7. The molecule has 1 saturated carbocycles. The van der Waals surface area contributed by atoms with E-state index in [2.05, 4.69) is 0 Å². The first kappa shape index (κ1) is 21.1. The van der Waals surface area contributed by atoms with Crippen LogP contribution in [0.4, 0.5) is 0 Å². The lowest BCUT2D eigenvalue weighted by Gasteiger charge is -2.43. The molecule has 1 heterocycles. The second-order valence-electron chi connectivity index (χ2n) is 6.54. The molecule has 0 radical (unpaired) electrons. The van der Waals surface area contributed by atoms with Gasteiger partial charge in [-0.25, -0.2) is 0 Å². The van der Waals surface area contributed by atoms with Crippen LogP contribution in [0.3, 0.4) is 0 Å². The Morgan fingerprint density at radius 1 is 1.04 bits per heavy atom. The minimum absolute atomic E-state index is 0.0817. The molecule has 4 atom stereocenters. The van der Waals surface area contributed by atoms with Crippen LogP contribution in [0.2, 0.25) is 0 Å². The molecule has 1 aromatic carbocycles. The molecule has 1 saturated heterocycles. The van der Waals surface area contributed by atoms with Gasteiger partial charge in [0.2, 0.25) is 0 Å². The molecule has 8 nitrogen and oxygen atoms in total. The molecule has 0 bridgehead atoms. The number of fused-ring (bicyclic) bond motifs is 1. The Kier molecular flexibility index (Phi) is 6.95. The molecule has 1 aliphatic carbocycles. The molecule has 0 aromatic heterocycles. The van der Waals surface area contributed by atoms with E-state index in [1.54, 1.807) is 28.4 Å². The van der Waals surface area contributed by atoms with Gasteiger partial charge in [-0.1, -0.05) is 6.07 Å². The maximum atomic E-state index is 6.08. The first-order valence-corrected chi connectivity index (χ1v) is 9.33. The molecule has 1 aliphatic heterocycles. The Morgan fingerprint density at radius 3 is 2.43 bits per heavy atom. The van der Waals surface area contributed by atoms with Gasteiger partial charge in [0.05, 0.1) is 20.3 Å². The highest BCUT2D eigenvalue weighted by Gasteiger charge is 2.60. The van der Waals surface area contributed by atoms with Crippen LogP contribution in [0, 0.1) is 0 Å². The monoisotopic (exact) mass is 414 g/mol. The van der Waals surface area contributed by atoms with E-state index in [1.165, 1.54) is 0 Å². The number of benzene rings is 1. The zero-order valence-corrected chi connectivity index (χ0v) is 17.3. The highest BCUT2D eigenvalue weighted by Crippen LogP contribution is 2.49. The summed E-state index contributed by atoms with van der Waals surface area (Å²) in [5.41, 5.74) is 0.0494. The molecule has 1 aromatic rings. The lowest BCUT2D eigenvalue weighted by molar-refractivity contribution is -0.216. The van der Waals surface area contributed by atoms with E-state index in [1.807, 2.05) is 18.2 Å². The van der Waals surface area contributed by atoms with Crippen molar-refractivity contribution < 1.29 is 37.9 Å². The highest BCUT2D eigenvalue weighted by molar-refractivity contribution is 7.79. The van der Waals surface area contributed by atoms with Gasteiger partial charge in [-0.15, -0.1) is 0 Å². The zero-order chi connectivity index (χ0) is 20.1. The Morgan fingerprint density at radius 2 is 1.75 bits per heavy atom. The van der Waals surface area contributed by atoms with Gasteiger partial charge >= 0.3 is 5.24 Å².